The summed E-state index contributed by atoms with van der Waals surface area (Å²) in [4.78, 5) is 18.5. The third kappa shape index (κ3) is 3.76. The lowest BCUT2D eigenvalue weighted by atomic mass is 9.98. The fraction of sp³-hybridized carbons (Fsp3) is 0.217. The molecule has 136 valence electrons. The van der Waals surface area contributed by atoms with Crippen LogP contribution < -0.4 is 0 Å². The smallest absolute Gasteiger partial charge is 0.336 e. The molecule has 0 saturated carbocycles. The minimum Gasteiger partial charge on any atom is -0.478 e. The van der Waals surface area contributed by atoms with E-state index in [0.717, 1.165) is 36.3 Å². The van der Waals surface area contributed by atoms with Crippen LogP contribution in [0, 0.1) is 0 Å². The highest BCUT2D eigenvalue weighted by Crippen LogP contribution is 2.32. The van der Waals surface area contributed by atoms with Gasteiger partial charge in [0.2, 0.25) is 0 Å². The van der Waals surface area contributed by atoms with Crippen molar-refractivity contribution in [3.05, 3.63) is 89.7 Å². The van der Waals surface area contributed by atoms with Gasteiger partial charge in [0.15, 0.2) is 0 Å². The van der Waals surface area contributed by atoms with Crippen molar-refractivity contribution >= 4 is 5.97 Å². The maximum atomic E-state index is 11.5. The van der Waals surface area contributed by atoms with Crippen molar-refractivity contribution < 1.29 is 9.90 Å². The summed E-state index contributed by atoms with van der Waals surface area (Å²) in [5.74, 6) is -0.898. The molecular formula is C23H22N2O2. The number of carbonyl (C=O) groups is 1. The topological polar surface area (TPSA) is 53.4 Å². The SMILES string of the molecule is O=C(O)c1ccccc1-c1ccc(CN2CCC[C@@H]2c2ccccn2)cc1. The molecule has 1 atom stereocenters. The summed E-state index contributed by atoms with van der Waals surface area (Å²) in [5.41, 5.74) is 4.39. The number of aromatic nitrogens is 1. The zero-order valence-corrected chi connectivity index (χ0v) is 15.1. The molecule has 0 amide bonds. The molecule has 1 aliphatic rings. The van der Waals surface area contributed by atoms with E-state index in [4.69, 9.17) is 0 Å². The number of hydrogen-bond acceptors (Lipinski definition) is 3. The monoisotopic (exact) mass is 358 g/mol. The Balaban J connectivity index is 1.53. The summed E-state index contributed by atoms with van der Waals surface area (Å²) in [6, 6.07) is 21.8. The number of hydrogen-bond donors (Lipinski definition) is 1. The van der Waals surface area contributed by atoms with E-state index in [-0.39, 0.29) is 0 Å². The van der Waals surface area contributed by atoms with Crippen LogP contribution in [0.15, 0.2) is 72.9 Å². The molecule has 4 heteroatoms. The van der Waals surface area contributed by atoms with Crippen molar-refractivity contribution in [3.8, 4) is 11.1 Å². The van der Waals surface area contributed by atoms with Gasteiger partial charge in [0.05, 0.1) is 17.3 Å². The number of likely N-dealkylation sites (tertiary alicyclic amines) is 1. The first-order valence-corrected chi connectivity index (χ1v) is 9.29. The predicted molar refractivity (Wildman–Crippen MR) is 105 cm³/mol. The lowest BCUT2D eigenvalue weighted by Crippen LogP contribution is -2.23. The molecule has 1 aromatic heterocycles. The number of carboxylic acids is 1. The standard InChI is InChI=1S/C23H22N2O2/c26-23(27)20-7-2-1-6-19(20)18-12-10-17(11-13-18)16-25-15-5-9-22(25)21-8-3-4-14-24-21/h1-4,6-8,10-14,22H,5,9,15-16H2,(H,26,27)/t22-/m1/s1. The first-order valence-electron chi connectivity index (χ1n) is 9.29. The molecule has 4 rings (SSSR count). The van der Waals surface area contributed by atoms with Crippen LogP contribution in [-0.4, -0.2) is 27.5 Å². The van der Waals surface area contributed by atoms with E-state index >= 15 is 0 Å². The lowest BCUT2D eigenvalue weighted by Gasteiger charge is -2.24. The van der Waals surface area contributed by atoms with Gasteiger partial charge in [-0.05, 0) is 54.3 Å². The Morgan fingerprint density at radius 3 is 2.56 bits per heavy atom. The van der Waals surface area contributed by atoms with Gasteiger partial charge in [-0.15, -0.1) is 0 Å². The van der Waals surface area contributed by atoms with Crippen LogP contribution in [0.2, 0.25) is 0 Å². The molecule has 1 aliphatic heterocycles. The van der Waals surface area contributed by atoms with E-state index in [2.05, 4.69) is 28.1 Å². The van der Waals surface area contributed by atoms with Crippen LogP contribution in [0.1, 0.15) is 40.5 Å². The van der Waals surface area contributed by atoms with E-state index in [0.29, 0.717) is 11.6 Å². The normalized spacial score (nSPS) is 17.1. The molecule has 4 nitrogen and oxygen atoms in total. The number of rotatable bonds is 5. The molecule has 27 heavy (non-hydrogen) atoms. The van der Waals surface area contributed by atoms with E-state index in [1.807, 2.05) is 42.6 Å². The van der Waals surface area contributed by atoms with Crippen molar-refractivity contribution in [2.45, 2.75) is 25.4 Å². The lowest BCUT2D eigenvalue weighted by molar-refractivity contribution is 0.0697. The van der Waals surface area contributed by atoms with Crippen molar-refractivity contribution in [2.75, 3.05) is 6.54 Å². The molecule has 0 unspecified atom stereocenters. The van der Waals surface area contributed by atoms with Crippen LogP contribution in [-0.2, 0) is 6.54 Å². The van der Waals surface area contributed by atoms with Crippen LogP contribution in [0.25, 0.3) is 11.1 Å². The Kier molecular flexibility index (Phi) is 4.99. The first-order chi connectivity index (χ1) is 13.2. The van der Waals surface area contributed by atoms with Crippen LogP contribution in [0.5, 0.6) is 0 Å². The minimum absolute atomic E-state index is 0.333. The second-order valence-electron chi connectivity index (χ2n) is 6.93. The van der Waals surface area contributed by atoms with Crippen LogP contribution in [0.4, 0.5) is 0 Å². The summed E-state index contributed by atoms with van der Waals surface area (Å²) in [7, 11) is 0. The maximum absolute atomic E-state index is 11.5. The van der Waals surface area contributed by atoms with Gasteiger partial charge in [-0.2, -0.15) is 0 Å². The third-order valence-electron chi connectivity index (χ3n) is 5.20. The molecule has 3 aromatic rings. The van der Waals surface area contributed by atoms with Gasteiger partial charge in [0.1, 0.15) is 0 Å². The van der Waals surface area contributed by atoms with E-state index < -0.39 is 5.97 Å². The quantitative estimate of drug-likeness (QED) is 0.713. The molecule has 0 radical (unpaired) electrons. The van der Waals surface area contributed by atoms with Crippen molar-refractivity contribution in [2.24, 2.45) is 0 Å². The van der Waals surface area contributed by atoms with Crippen molar-refractivity contribution in [1.82, 2.24) is 9.88 Å². The molecule has 1 saturated heterocycles. The van der Waals surface area contributed by atoms with Gasteiger partial charge < -0.3 is 5.11 Å². The predicted octanol–water partition coefficient (Wildman–Crippen LogP) is 4.78. The Hall–Kier alpha value is -2.98. The molecule has 2 aromatic carbocycles. The Morgan fingerprint density at radius 1 is 1.04 bits per heavy atom. The average molecular weight is 358 g/mol. The zero-order valence-electron chi connectivity index (χ0n) is 15.1. The minimum atomic E-state index is -0.898. The highest BCUT2D eigenvalue weighted by Gasteiger charge is 2.26. The highest BCUT2D eigenvalue weighted by atomic mass is 16.4. The molecule has 1 N–H and O–H groups in total. The van der Waals surface area contributed by atoms with Gasteiger partial charge in [0.25, 0.3) is 0 Å². The maximum Gasteiger partial charge on any atom is 0.336 e. The molecule has 1 fully saturated rings. The summed E-state index contributed by atoms with van der Waals surface area (Å²) in [6.07, 6.45) is 4.19. The van der Waals surface area contributed by atoms with Crippen LogP contribution in [0.3, 0.4) is 0 Å². The van der Waals surface area contributed by atoms with Gasteiger partial charge in [-0.3, -0.25) is 9.88 Å². The van der Waals surface area contributed by atoms with Crippen LogP contribution >= 0.6 is 0 Å². The molecule has 0 spiro atoms. The Labute approximate surface area is 159 Å². The molecule has 0 aliphatic carbocycles. The average Bonchev–Trinajstić information content (AvgIpc) is 3.17. The number of nitrogens with zero attached hydrogens (tertiary/aromatic N) is 2. The van der Waals surface area contributed by atoms with Crippen molar-refractivity contribution in [1.29, 1.82) is 0 Å². The van der Waals surface area contributed by atoms with E-state index in [9.17, 15) is 9.90 Å². The number of pyridine rings is 1. The first kappa shape index (κ1) is 17.4. The number of benzene rings is 2. The highest BCUT2D eigenvalue weighted by molar-refractivity contribution is 5.95. The van der Waals surface area contributed by atoms with Gasteiger partial charge in [-0.25, -0.2) is 4.79 Å². The molecule has 2 heterocycles. The van der Waals surface area contributed by atoms with Gasteiger partial charge in [0, 0.05) is 12.7 Å². The zero-order chi connectivity index (χ0) is 18.6. The summed E-state index contributed by atoms with van der Waals surface area (Å²) < 4.78 is 0. The largest absolute Gasteiger partial charge is 0.478 e. The summed E-state index contributed by atoms with van der Waals surface area (Å²) in [6.45, 7) is 1.95. The van der Waals surface area contributed by atoms with E-state index in [1.54, 1.807) is 12.1 Å². The van der Waals surface area contributed by atoms with E-state index in [1.165, 1.54) is 12.0 Å². The summed E-state index contributed by atoms with van der Waals surface area (Å²) in [5, 5.41) is 9.40. The van der Waals surface area contributed by atoms with Crippen molar-refractivity contribution in [3.63, 3.8) is 0 Å². The second-order valence-corrected chi connectivity index (χ2v) is 6.93. The summed E-state index contributed by atoms with van der Waals surface area (Å²) >= 11 is 0. The van der Waals surface area contributed by atoms with Gasteiger partial charge >= 0.3 is 5.97 Å². The number of aromatic carboxylic acids is 1. The Bertz CT molecular complexity index is 923. The fourth-order valence-corrected chi connectivity index (χ4v) is 3.87. The third-order valence-corrected chi connectivity index (χ3v) is 5.20. The Morgan fingerprint density at radius 2 is 1.81 bits per heavy atom. The molecule has 0 bridgehead atoms. The second kappa shape index (κ2) is 7.72. The molecular weight excluding hydrogens is 336 g/mol. The number of carboxylic acid groups (broad SMARTS) is 1. The van der Waals surface area contributed by atoms with Gasteiger partial charge in [-0.1, -0.05) is 48.5 Å². The fourth-order valence-electron chi connectivity index (χ4n) is 3.87.